The second-order valence-electron chi connectivity index (χ2n) is 9.23. The molecule has 0 unspecified atom stereocenters. The van der Waals surface area contributed by atoms with E-state index in [2.05, 4.69) is 26.5 Å². The van der Waals surface area contributed by atoms with Gasteiger partial charge in [0.15, 0.2) is 5.82 Å². The molecule has 9 nitrogen and oxygen atoms in total. The van der Waals surface area contributed by atoms with Crippen LogP contribution in [0.2, 0.25) is 0 Å². The number of rotatable bonds is 9. The molecule has 0 amide bonds. The summed E-state index contributed by atoms with van der Waals surface area (Å²) in [6, 6.07) is 17.4. The summed E-state index contributed by atoms with van der Waals surface area (Å²) in [5, 5.41) is 3.83. The van der Waals surface area contributed by atoms with Crippen molar-refractivity contribution >= 4 is 0 Å². The summed E-state index contributed by atoms with van der Waals surface area (Å²) in [5.74, 6) is 0.630. The smallest absolute Gasteiger partial charge is 0.379 e. The van der Waals surface area contributed by atoms with Crippen LogP contribution in [-0.4, -0.2) is 57.4 Å². The second kappa shape index (κ2) is 11.5. The van der Waals surface area contributed by atoms with Crippen molar-refractivity contribution in [2.45, 2.75) is 32.7 Å². The maximum absolute atomic E-state index is 13.1. The molecule has 0 spiro atoms. The van der Waals surface area contributed by atoms with E-state index >= 15 is 0 Å². The van der Waals surface area contributed by atoms with Crippen LogP contribution in [0.4, 0.5) is 0 Å². The zero-order chi connectivity index (χ0) is 25.6. The van der Waals surface area contributed by atoms with E-state index in [-0.39, 0.29) is 5.56 Å². The Morgan fingerprint density at radius 2 is 1.73 bits per heavy atom. The molecular formula is C28H31N5O4. The van der Waals surface area contributed by atoms with E-state index in [1.807, 2.05) is 48.5 Å². The van der Waals surface area contributed by atoms with Crippen LogP contribution < -0.4 is 11.3 Å². The molecule has 2 aromatic carbocycles. The van der Waals surface area contributed by atoms with Gasteiger partial charge in [0.05, 0.1) is 19.8 Å². The lowest BCUT2D eigenvalue weighted by Gasteiger charge is -2.26. The van der Waals surface area contributed by atoms with Crippen LogP contribution in [0.1, 0.15) is 30.4 Å². The van der Waals surface area contributed by atoms with Gasteiger partial charge in [0.25, 0.3) is 5.56 Å². The number of hydrogen-bond acceptors (Lipinski definition) is 7. The van der Waals surface area contributed by atoms with Crippen LogP contribution in [0.5, 0.6) is 0 Å². The van der Waals surface area contributed by atoms with Gasteiger partial charge in [0.2, 0.25) is 0 Å². The Balaban J connectivity index is 1.35. The molecule has 1 fully saturated rings. The normalized spacial score (nSPS) is 14.2. The van der Waals surface area contributed by atoms with Crippen LogP contribution in [0.15, 0.2) is 68.7 Å². The van der Waals surface area contributed by atoms with Crippen LogP contribution in [0.25, 0.3) is 22.5 Å². The summed E-state index contributed by atoms with van der Waals surface area (Å²) in [6.45, 7) is 6.83. The van der Waals surface area contributed by atoms with E-state index < -0.39 is 5.76 Å². The summed E-state index contributed by atoms with van der Waals surface area (Å²) < 4.78 is 11.9. The molecule has 3 heterocycles. The lowest BCUT2D eigenvalue weighted by atomic mass is 9.98. The monoisotopic (exact) mass is 501 g/mol. The van der Waals surface area contributed by atoms with Crippen LogP contribution >= 0.6 is 0 Å². The number of ether oxygens (including phenoxy) is 1. The van der Waals surface area contributed by atoms with Crippen molar-refractivity contribution < 1.29 is 9.26 Å². The van der Waals surface area contributed by atoms with Crippen LogP contribution in [0.3, 0.4) is 0 Å². The third-order valence-electron chi connectivity index (χ3n) is 6.63. The van der Waals surface area contributed by atoms with Crippen molar-refractivity contribution in [2.75, 3.05) is 32.8 Å². The first-order valence-corrected chi connectivity index (χ1v) is 12.7. The highest BCUT2D eigenvalue weighted by Gasteiger charge is 2.14. The average Bonchev–Trinajstić information content (AvgIpc) is 3.36. The van der Waals surface area contributed by atoms with E-state index in [9.17, 15) is 9.59 Å². The zero-order valence-electron chi connectivity index (χ0n) is 21.0. The Labute approximate surface area is 214 Å². The number of nitrogens with zero attached hydrogens (tertiary/aromatic N) is 4. The molecule has 0 bridgehead atoms. The maximum Gasteiger partial charge on any atom is 0.439 e. The van der Waals surface area contributed by atoms with Crippen molar-refractivity contribution in [1.29, 1.82) is 0 Å². The number of benzene rings is 2. The van der Waals surface area contributed by atoms with Crippen LogP contribution in [-0.2, 0) is 24.1 Å². The minimum Gasteiger partial charge on any atom is -0.379 e. The van der Waals surface area contributed by atoms with E-state index in [4.69, 9.17) is 9.72 Å². The van der Waals surface area contributed by atoms with E-state index in [1.54, 1.807) is 10.6 Å². The summed E-state index contributed by atoms with van der Waals surface area (Å²) in [4.78, 5) is 34.4. The van der Waals surface area contributed by atoms with Gasteiger partial charge in [-0.15, -0.1) is 0 Å². The fourth-order valence-electron chi connectivity index (χ4n) is 4.67. The predicted octanol–water partition coefficient (Wildman–Crippen LogP) is 3.13. The summed E-state index contributed by atoms with van der Waals surface area (Å²) >= 11 is 0. The molecule has 9 heteroatoms. The quantitative estimate of drug-likeness (QED) is 0.376. The minimum atomic E-state index is -0.589. The largest absolute Gasteiger partial charge is 0.439 e. The fraction of sp³-hybridized carbons (Fsp3) is 0.357. The molecule has 4 aromatic rings. The Hall–Kier alpha value is -3.82. The van der Waals surface area contributed by atoms with Crippen molar-refractivity contribution in [3.8, 4) is 22.5 Å². The van der Waals surface area contributed by atoms with Gasteiger partial charge in [-0.2, -0.15) is 0 Å². The van der Waals surface area contributed by atoms with Crippen molar-refractivity contribution in [2.24, 2.45) is 0 Å². The molecule has 37 heavy (non-hydrogen) atoms. The highest BCUT2D eigenvalue weighted by Crippen LogP contribution is 2.29. The lowest BCUT2D eigenvalue weighted by Crippen LogP contribution is -2.37. The Morgan fingerprint density at radius 1 is 0.973 bits per heavy atom. The minimum absolute atomic E-state index is 0.0140. The third kappa shape index (κ3) is 5.95. The predicted molar refractivity (Wildman–Crippen MR) is 141 cm³/mol. The van der Waals surface area contributed by atoms with Gasteiger partial charge in [-0.05, 0) is 23.1 Å². The maximum atomic E-state index is 13.1. The van der Waals surface area contributed by atoms with Crippen molar-refractivity contribution in [3.63, 3.8) is 0 Å². The number of H-pyrrole nitrogens is 1. The standard InChI is InChI=1S/C28H31N5O4/c1-2-5-25-29-22(12-13-32-14-16-36-17-15-32)18-26(34)33(25)19-20-8-10-21(11-9-20)23-6-3-4-7-24(23)27-30-28(35)37-31-27/h3-4,6-11,18H,2,5,12-17,19H2,1H3,(H,30,31,35). The number of morpholine rings is 1. The van der Waals surface area contributed by atoms with Gasteiger partial charge < -0.3 is 4.74 Å². The topological polar surface area (TPSA) is 106 Å². The molecule has 0 atom stereocenters. The van der Waals surface area contributed by atoms with Gasteiger partial charge in [0, 0.05) is 49.8 Å². The number of nitrogens with one attached hydrogen (secondary N) is 1. The highest BCUT2D eigenvalue weighted by molar-refractivity contribution is 5.80. The first kappa shape index (κ1) is 24.9. The molecule has 1 aliphatic heterocycles. The molecule has 192 valence electrons. The van der Waals surface area contributed by atoms with Gasteiger partial charge in [-0.3, -0.25) is 23.8 Å². The second-order valence-corrected chi connectivity index (χ2v) is 9.23. The number of aromatic nitrogens is 4. The fourth-order valence-corrected chi connectivity index (χ4v) is 4.67. The van der Waals surface area contributed by atoms with Gasteiger partial charge in [0.1, 0.15) is 5.82 Å². The molecule has 2 aromatic heterocycles. The molecule has 0 saturated carbocycles. The summed E-state index contributed by atoms with van der Waals surface area (Å²) in [5.41, 5.74) is 4.53. The van der Waals surface area contributed by atoms with Crippen LogP contribution in [0, 0.1) is 0 Å². The van der Waals surface area contributed by atoms with E-state index in [0.717, 1.165) is 85.9 Å². The zero-order valence-corrected chi connectivity index (χ0v) is 21.0. The van der Waals surface area contributed by atoms with Gasteiger partial charge >= 0.3 is 5.76 Å². The first-order chi connectivity index (χ1) is 18.1. The Morgan fingerprint density at radius 3 is 2.43 bits per heavy atom. The first-order valence-electron chi connectivity index (χ1n) is 12.7. The molecule has 0 radical (unpaired) electrons. The number of hydrogen-bond donors (Lipinski definition) is 1. The third-order valence-corrected chi connectivity index (χ3v) is 6.63. The molecule has 1 saturated heterocycles. The number of aryl methyl sites for hydroxylation is 1. The van der Waals surface area contributed by atoms with Crippen molar-refractivity contribution in [1.82, 2.24) is 24.6 Å². The molecule has 1 N–H and O–H groups in total. The number of aromatic amines is 1. The van der Waals surface area contributed by atoms with E-state index in [1.165, 1.54) is 0 Å². The molecular weight excluding hydrogens is 470 g/mol. The van der Waals surface area contributed by atoms with Gasteiger partial charge in [-0.25, -0.2) is 9.78 Å². The lowest BCUT2D eigenvalue weighted by molar-refractivity contribution is 0.0383. The van der Waals surface area contributed by atoms with Gasteiger partial charge in [-0.1, -0.05) is 60.6 Å². The van der Waals surface area contributed by atoms with E-state index in [0.29, 0.717) is 12.4 Å². The average molecular weight is 502 g/mol. The highest BCUT2D eigenvalue weighted by atomic mass is 16.5. The summed E-state index contributed by atoms with van der Waals surface area (Å²) in [7, 11) is 0. The Kier molecular flexibility index (Phi) is 7.72. The summed E-state index contributed by atoms with van der Waals surface area (Å²) in [6.07, 6.45) is 2.43. The SMILES string of the molecule is CCCc1nc(CCN2CCOCC2)cc(=O)n1Cc1ccc(-c2ccccc2-c2noc(=O)[nH]2)cc1. The van der Waals surface area contributed by atoms with Crippen molar-refractivity contribution in [3.05, 3.63) is 92.6 Å². The Bertz CT molecular complexity index is 1450. The molecule has 1 aliphatic rings. The molecule has 5 rings (SSSR count). The molecule has 0 aliphatic carbocycles.